The number of nitro groups is 1. The first-order valence-electron chi connectivity index (χ1n) is 7.20. The van der Waals surface area contributed by atoms with Crippen molar-refractivity contribution < 1.29 is 14.4 Å². The Morgan fingerprint density at radius 2 is 2.10 bits per heavy atom. The first kappa shape index (κ1) is 18.1. The van der Waals surface area contributed by atoms with Gasteiger partial charge >= 0.3 is 0 Å². The molecule has 0 N–H and O–H groups in total. The molecule has 0 spiro atoms. The normalized spacial score (nSPS) is 12.3. The van der Waals surface area contributed by atoms with E-state index in [0.29, 0.717) is 13.2 Å². The molecule has 1 unspecified atom stereocenters. The van der Waals surface area contributed by atoms with E-state index in [0.717, 1.165) is 36.6 Å². The first-order chi connectivity index (χ1) is 10.2. The number of hydrogen-bond acceptors (Lipinski definition) is 4. The summed E-state index contributed by atoms with van der Waals surface area (Å²) in [5.41, 5.74) is 0.866. The summed E-state index contributed by atoms with van der Waals surface area (Å²) in [6.45, 7) is 3.00. The van der Waals surface area contributed by atoms with Gasteiger partial charge in [-0.2, -0.15) is 0 Å². The van der Waals surface area contributed by atoms with Crippen molar-refractivity contribution >= 4 is 21.6 Å². The molecule has 21 heavy (non-hydrogen) atoms. The fourth-order valence-electron chi connectivity index (χ4n) is 1.82. The summed E-state index contributed by atoms with van der Waals surface area (Å²) < 4.78 is 11.3. The number of nitrogens with zero attached hydrogens (tertiary/aromatic N) is 1. The Morgan fingerprint density at radius 1 is 1.29 bits per heavy atom. The predicted octanol–water partition coefficient (Wildman–Crippen LogP) is 4.43. The Balaban J connectivity index is 2.33. The van der Waals surface area contributed by atoms with Crippen molar-refractivity contribution in [2.45, 2.75) is 45.5 Å². The summed E-state index contributed by atoms with van der Waals surface area (Å²) in [5, 5.41) is 11.7. The van der Waals surface area contributed by atoms with Gasteiger partial charge < -0.3 is 9.47 Å². The van der Waals surface area contributed by atoms with Gasteiger partial charge in [0, 0.05) is 24.1 Å². The maximum atomic E-state index is 10.7. The number of nitro benzene ring substituents is 1. The highest BCUT2D eigenvalue weighted by Crippen LogP contribution is 2.15. The van der Waals surface area contributed by atoms with E-state index in [1.165, 1.54) is 12.1 Å². The molecule has 118 valence electrons. The molecule has 1 aromatic rings. The monoisotopic (exact) mass is 359 g/mol. The van der Waals surface area contributed by atoms with Crippen molar-refractivity contribution in [1.82, 2.24) is 0 Å². The standard InChI is InChI=1S/C15H22BrNO4/c1-2-15(20-10-5-3-4-9-16)21-12-13-7-6-8-14(11-13)17(18)19/h6-8,11,15H,2-5,9-10,12H2,1H3. The molecule has 1 atom stereocenters. The number of ether oxygens (including phenoxy) is 2. The van der Waals surface area contributed by atoms with Gasteiger partial charge in [0.15, 0.2) is 6.29 Å². The number of unbranched alkanes of at least 4 members (excludes halogenated alkanes) is 2. The fraction of sp³-hybridized carbons (Fsp3) is 0.600. The van der Waals surface area contributed by atoms with Gasteiger partial charge in [-0.25, -0.2) is 0 Å². The van der Waals surface area contributed by atoms with Gasteiger partial charge in [-0.1, -0.05) is 41.4 Å². The van der Waals surface area contributed by atoms with Crippen LogP contribution in [0.5, 0.6) is 0 Å². The third-order valence-electron chi connectivity index (χ3n) is 2.97. The third-order valence-corrected chi connectivity index (χ3v) is 3.53. The molecule has 0 aromatic heterocycles. The second-order valence-electron chi connectivity index (χ2n) is 4.70. The van der Waals surface area contributed by atoms with Gasteiger partial charge in [0.05, 0.1) is 11.5 Å². The predicted molar refractivity (Wildman–Crippen MR) is 85.6 cm³/mol. The first-order valence-corrected chi connectivity index (χ1v) is 8.32. The SMILES string of the molecule is CCC(OCCCCCBr)OCc1cccc([N+](=O)[O-])c1. The summed E-state index contributed by atoms with van der Waals surface area (Å²) in [6.07, 6.45) is 3.80. The Morgan fingerprint density at radius 3 is 2.76 bits per heavy atom. The van der Waals surface area contributed by atoms with Crippen LogP contribution in [0, 0.1) is 10.1 Å². The van der Waals surface area contributed by atoms with Crippen molar-refractivity contribution in [3.05, 3.63) is 39.9 Å². The molecular formula is C15H22BrNO4. The Kier molecular flexibility index (Phi) is 9.21. The second-order valence-corrected chi connectivity index (χ2v) is 5.49. The van der Waals surface area contributed by atoms with Crippen LogP contribution >= 0.6 is 15.9 Å². The molecule has 0 aliphatic heterocycles. The van der Waals surface area contributed by atoms with Crippen molar-refractivity contribution in [2.75, 3.05) is 11.9 Å². The highest BCUT2D eigenvalue weighted by atomic mass is 79.9. The molecule has 0 amide bonds. The number of rotatable bonds is 11. The van der Waals surface area contributed by atoms with Crippen LogP contribution in [0.4, 0.5) is 5.69 Å². The molecule has 1 aromatic carbocycles. The zero-order valence-electron chi connectivity index (χ0n) is 12.3. The zero-order chi connectivity index (χ0) is 15.5. The zero-order valence-corrected chi connectivity index (χ0v) is 13.9. The highest BCUT2D eigenvalue weighted by molar-refractivity contribution is 9.09. The number of benzene rings is 1. The molecule has 0 heterocycles. The topological polar surface area (TPSA) is 61.6 Å². The fourth-order valence-corrected chi connectivity index (χ4v) is 2.22. The van der Waals surface area contributed by atoms with E-state index in [4.69, 9.17) is 9.47 Å². The molecule has 0 radical (unpaired) electrons. The number of non-ortho nitro benzene ring substituents is 1. The summed E-state index contributed by atoms with van der Waals surface area (Å²) >= 11 is 3.40. The quantitative estimate of drug-likeness (QED) is 0.193. The molecular weight excluding hydrogens is 338 g/mol. The van der Waals surface area contributed by atoms with Crippen LogP contribution in [0.2, 0.25) is 0 Å². The van der Waals surface area contributed by atoms with Gasteiger partial charge in [-0.15, -0.1) is 0 Å². The van der Waals surface area contributed by atoms with Crippen LogP contribution < -0.4 is 0 Å². The van der Waals surface area contributed by atoms with E-state index in [9.17, 15) is 10.1 Å². The average Bonchev–Trinajstić information content (AvgIpc) is 2.50. The smallest absolute Gasteiger partial charge is 0.269 e. The summed E-state index contributed by atoms with van der Waals surface area (Å²) in [7, 11) is 0. The molecule has 0 saturated heterocycles. The van der Waals surface area contributed by atoms with Crippen LogP contribution in [-0.2, 0) is 16.1 Å². The second kappa shape index (κ2) is 10.7. The van der Waals surface area contributed by atoms with E-state index < -0.39 is 4.92 Å². The lowest BCUT2D eigenvalue weighted by molar-refractivity contribution is -0.385. The maximum absolute atomic E-state index is 10.7. The van der Waals surface area contributed by atoms with Gasteiger partial charge in [-0.3, -0.25) is 10.1 Å². The van der Waals surface area contributed by atoms with Crippen molar-refractivity contribution in [1.29, 1.82) is 0 Å². The minimum Gasteiger partial charge on any atom is -0.353 e. The number of halogens is 1. The Hall–Kier alpha value is -0.980. The van der Waals surface area contributed by atoms with Crippen LogP contribution in [0.25, 0.3) is 0 Å². The molecule has 0 aliphatic rings. The molecule has 0 bridgehead atoms. The van der Waals surface area contributed by atoms with E-state index in [1.54, 1.807) is 6.07 Å². The van der Waals surface area contributed by atoms with Crippen molar-refractivity contribution in [3.63, 3.8) is 0 Å². The van der Waals surface area contributed by atoms with E-state index >= 15 is 0 Å². The van der Waals surface area contributed by atoms with Gasteiger partial charge in [0.1, 0.15) is 0 Å². The third kappa shape index (κ3) is 7.55. The highest BCUT2D eigenvalue weighted by Gasteiger charge is 2.09. The van der Waals surface area contributed by atoms with E-state index in [-0.39, 0.29) is 12.0 Å². The molecule has 5 nitrogen and oxygen atoms in total. The lowest BCUT2D eigenvalue weighted by Crippen LogP contribution is -2.17. The van der Waals surface area contributed by atoms with Crippen LogP contribution in [0.3, 0.4) is 0 Å². The van der Waals surface area contributed by atoms with Gasteiger partial charge in [0.2, 0.25) is 0 Å². The van der Waals surface area contributed by atoms with Gasteiger partial charge in [0.25, 0.3) is 5.69 Å². The average molecular weight is 360 g/mol. The van der Waals surface area contributed by atoms with Crippen LogP contribution in [-0.4, -0.2) is 23.2 Å². The van der Waals surface area contributed by atoms with Crippen molar-refractivity contribution in [3.8, 4) is 0 Å². The summed E-state index contributed by atoms with van der Waals surface area (Å²) in [4.78, 5) is 10.3. The van der Waals surface area contributed by atoms with Crippen molar-refractivity contribution in [2.24, 2.45) is 0 Å². The Bertz CT molecular complexity index is 428. The van der Waals surface area contributed by atoms with Crippen LogP contribution in [0.15, 0.2) is 24.3 Å². The summed E-state index contributed by atoms with van der Waals surface area (Å²) in [5.74, 6) is 0. The molecule has 0 saturated carbocycles. The maximum Gasteiger partial charge on any atom is 0.269 e. The van der Waals surface area contributed by atoms with Crippen LogP contribution in [0.1, 0.15) is 38.2 Å². The lowest BCUT2D eigenvalue weighted by Gasteiger charge is -2.17. The lowest BCUT2D eigenvalue weighted by atomic mass is 10.2. The molecule has 0 fully saturated rings. The largest absolute Gasteiger partial charge is 0.353 e. The Labute approximate surface area is 133 Å². The number of hydrogen-bond donors (Lipinski definition) is 0. The summed E-state index contributed by atoms with van der Waals surface area (Å²) in [6, 6.07) is 6.48. The minimum absolute atomic E-state index is 0.0832. The minimum atomic E-state index is -0.402. The van der Waals surface area contributed by atoms with E-state index in [2.05, 4.69) is 15.9 Å². The number of alkyl halides is 1. The molecule has 6 heteroatoms. The van der Waals surface area contributed by atoms with E-state index in [1.807, 2.05) is 13.0 Å². The molecule has 1 rings (SSSR count). The molecule has 0 aliphatic carbocycles. The van der Waals surface area contributed by atoms with Gasteiger partial charge in [-0.05, 0) is 24.8 Å².